The molecule has 0 amide bonds. The highest BCUT2D eigenvalue weighted by Crippen LogP contribution is 2.33. The highest BCUT2D eigenvalue weighted by Gasteiger charge is 2.29. The maximum Gasteiger partial charge on any atom is 0.184 e. The van der Waals surface area contributed by atoms with E-state index in [0.29, 0.717) is 0 Å². The number of terminal acetylenes is 1. The molecule has 0 aliphatic carbocycles. The van der Waals surface area contributed by atoms with Crippen LogP contribution in [0.25, 0.3) is 5.47 Å². The van der Waals surface area contributed by atoms with E-state index in [-0.39, 0.29) is 5.60 Å². The summed E-state index contributed by atoms with van der Waals surface area (Å²) < 4.78 is 6.62. The molecule has 0 saturated carbocycles. The molecule has 26 heavy (non-hydrogen) atoms. The van der Waals surface area contributed by atoms with Crippen molar-refractivity contribution in [2.24, 2.45) is 0 Å². The van der Waals surface area contributed by atoms with E-state index in [1.54, 1.807) is 0 Å². The summed E-state index contributed by atoms with van der Waals surface area (Å²) >= 11 is 0. The highest BCUT2D eigenvalue weighted by molar-refractivity contribution is 6.67. The van der Waals surface area contributed by atoms with E-state index < -0.39 is 0 Å². The molecule has 1 aromatic carbocycles. The van der Waals surface area contributed by atoms with Crippen molar-refractivity contribution in [1.82, 2.24) is 0 Å². The fourth-order valence-corrected chi connectivity index (χ4v) is 3.51. The van der Waals surface area contributed by atoms with Gasteiger partial charge in [0.25, 0.3) is 0 Å². The van der Waals surface area contributed by atoms with Crippen molar-refractivity contribution >= 4 is 12.8 Å². The molecule has 1 nitrogen and oxygen atoms in total. The first-order valence-electron chi connectivity index (χ1n) is 9.91. The predicted molar refractivity (Wildman–Crippen MR) is 117 cm³/mol. The zero-order chi connectivity index (χ0) is 19.6. The first-order chi connectivity index (χ1) is 12.4. The van der Waals surface area contributed by atoms with Gasteiger partial charge in [-0.2, -0.15) is 0 Å². The molecule has 0 fully saturated rings. The van der Waals surface area contributed by atoms with E-state index in [0.717, 1.165) is 60.9 Å². The Morgan fingerprint density at radius 1 is 1.15 bits per heavy atom. The van der Waals surface area contributed by atoms with Crippen LogP contribution in [0.4, 0.5) is 0 Å². The van der Waals surface area contributed by atoms with Crippen LogP contribution in [0.15, 0.2) is 36.3 Å². The van der Waals surface area contributed by atoms with E-state index in [9.17, 15) is 0 Å². The van der Waals surface area contributed by atoms with Gasteiger partial charge in [-0.05, 0) is 49.9 Å². The molecule has 2 heteroatoms. The topological polar surface area (TPSA) is 9.23 Å². The molecule has 0 heterocycles. The largest absolute Gasteiger partial charge is 0.487 e. The molecule has 0 aromatic heterocycles. The standard InChI is InChI=1S/C24H34BO/c1-8-13-24(14-9-2,15-10-3)26-23-17-21(12-5)16-22(18-23)20(7)25-19(6)11-4/h5,11,16-18H,7-10,13-15H2,1-4,6H3/b19-11-. The van der Waals surface area contributed by atoms with Crippen LogP contribution < -0.4 is 4.74 Å². The average molecular weight is 349 g/mol. The second kappa shape index (κ2) is 11.0. The molecule has 0 saturated heterocycles. The van der Waals surface area contributed by atoms with Crippen LogP contribution in [0.2, 0.25) is 0 Å². The lowest BCUT2D eigenvalue weighted by Gasteiger charge is -2.34. The molecule has 0 bridgehead atoms. The summed E-state index contributed by atoms with van der Waals surface area (Å²) in [7, 11) is 2.08. The van der Waals surface area contributed by atoms with Crippen LogP contribution in [-0.2, 0) is 0 Å². The number of ether oxygens (including phenoxy) is 1. The van der Waals surface area contributed by atoms with E-state index >= 15 is 0 Å². The SMILES string of the molecule is C#Cc1cc(OC(CCC)(CCC)CCC)cc(C(=C)[B]/C(C)=C\C)c1. The quantitative estimate of drug-likeness (QED) is 0.316. The summed E-state index contributed by atoms with van der Waals surface area (Å²) in [6.07, 6.45) is 14.3. The van der Waals surface area contributed by atoms with Crippen molar-refractivity contribution in [3.63, 3.8) is 0 Å². The molecule has 1 radical (unpaired) electrons. The maximum atomic E-state index is 6.62. The lowest BCUT2D eigenvalue weighted by atomic mass is 9.61. The number of hydrogen-bond acceptors (Lipinski definition) is 1. The fourth-order valence-electron chi connectivity index (χ4n) is 3.51. The Kier molecular flexibility index (Phi) is 9.35. The maximum absolute atomic E-state index is 6.62. The van der Waals surface area contributed by atoms with E-state index in [1.807, 2.05) is 19.1 Å². The van der Waals surface area contributed by atoms with Crippen LogP contribution in [-0.4, -0.2) is 12.9 Å². The zero-order valence-electron chi connectivity index (χ0n) is 17.3. The highest BCUT2D eigenvalue weighted by atomic mass is 16.5. The van der Waals surface area contributed by atoms with Crippen molar-refractivity contribution < 1.29 is 4.74 Å². The molecule has 0 unspecified atom stereocenters. The smallest absolute Gasteiger partial charge is 0.184 e. The molecule has 1 aromatic rings. The summed E-state index contributed by atoms with van der Waals surface area (Å²) in [6, 6.07) is 6.07. The molecule has 0 spiro atoms. The summed E-state index contributed by atoms with van der Waals surface area (Å²) in [6.45, 7) is 15.0. The minimum atomic E-state index is -0.104. The second-order valence-corrected chi connectivity index (χ2v) is 7.13. The van der Waals surface area contributed by atoms with Gasteiger partial charge in [-0.25, -0.2) is 0 Å². The monoisotopic (exact) mass is 349 g/mol. The Balaban J connectivity index is 3.23. The first kappa shape index (κ1) is 22.2. The summed E-state index contributed by atoms with van der Waals surface area (Å²) in [5, 5.41) is 0. The summed E-state index contributed by atoms with van der Waals surface area (Å²) in [5.74, 6) is 3.62. The summed E-state index contributed by atoms with van der Waals surface area (Å²) in [4.78, 5) is 0. The van der Waals surface area contributed by atoms with Gasteiger partial charge in [0.15, 0.2) is 7.28 Å². The Morgan fingerprint density at radius 3 is 2.19 bits per heavy atom. The third kappa shape index (κ3) is 6.45. The summed E-state index contributed by atoms with van der Waals surface area (Å²) in [5.41, 5.74) is 3.89. The molecule has 0 aliphatic heterocycles. The van der Waals surface area contributed by atoms with E-state index in [2.05, 4.69) is 59.6 Å². The molecule has 1 rings (SSSR count). The van der Waals surface area contributed by atoms with Gasteiger partial charge in [-0.15, -0.1) is 18.5 Å². The predicted octanol–water partition coefficient (Wildman–Crippen LogP) is 6.78. The fraction of sp³-hybridized carbons (Fsp3) is 0.500. The lowest BCUT2D eigenvalue weighted by molar-refractivity contribution is 0.0390. The average Bonchev–Trinajstić information content (AvgIpc) is 2.61. The van der Waals surface area contributed by atoms with Crippen molar-refractivity contribution in [3.05, 3.63) is 47.5 Å². The zero-order valence-corrected chi connectivity index (χ0v) is 17.3. The van der Waals surface area contributed by atoms with Gasteiger partial charge in [0.2, 0.25) is 0 Å². The van der Waals surface area contributed by atoms with Gasteiger partial charge < -0.3 is 4.74 Å². The Labute approximate surface area is 162 Å². The number of allylic oxidation sites excluding steroid dienone is 2. The second-order valence-electron chi connectivity index (χ2n) is 7.13. The number of benzene rings is 1. The molecule has 0 atom stereocenters. The van der Waals surface area contributed by atoms with Gasteiger partial charge >= 0.3 is 0 Å². The minimum absolute atomic E-state index is 0.104. The molecular formula is C24H34BO. The Bertz CT molecular complexity index is 646. The van der Waals surface area contributed by atoms with Gasteiger partial charge in [0, 0.05) is 5.56 Å². The van der Waals surface area contributed by atoms with E-state index in [1.165, 1.54) is 5.47 Å². The van der Waals surface area contributed by atoms with Crippen LogP contribution in [0.3, 0.4) is 0 Å². The van der Waals surface area contributed by atoms with Crippen LogP contribution >= 0.6 is 0 Å². The Morgan fingerprint density at radius 2 is 1.73 bits per heavy atom. The molecule has 0 N–H and O–H groups in total. The molecule has 0 aliphatic rings. The van der Waals surface area contributed by atoms with Crippen molar-refractivity contribution in [1.29, 1.82) is 0 Å². The third-order valence-corrected chi connectivity index (χ3v) is 4.75. The van der Waals surface area contributed by atoms with Crippen LogP contribution in [0.1, 0.15) is 84.3 Å². The Hall–Kier alpha value is -1.88. The number of rotatable bonds is 11. The molecule has 139 valence electrons. The van der Waals surface area contributed by atoms with Gasteiger partial charge in [-0.1, -0.05) is 64.4 Å². The van der Waals surface area contributed by atoms with Crippen LogP contribution in [0.5, 0.6) is 5.75 Å². The normalized spacial score (nSPS) is 11.8. The first-order valence-corrected chi connectivity index (χ1v) is 9.91. The van der Waals surface area contributed by atoms with Crippen molar-refractivity contribution in [3.8, 4) is 18.1 Å². The number of hydrogen-bond donors (Lipinski definition) is 0. The van der Waals surface area contributed by atoms with Gasteiger partial charge in [0.1, 0.15) is 11.4 Å². The van der Waals surface area contributed by atoms with Gasteiger partial charge in [0.05, 0.1) is 0 Å². The molecular weight excluding hydrogens is 315 g/mol. The van der Waals surface area contributed by atoms with Crippen molar-refractivity contribution in [2.45, 2.75) is 78.7 Å². The third-order valence-electron chi connectivity index (χ3n) is 4.75. The van der Waals surface area contributed by atoms with E-state index in [4.69, 9.17) is 11.2 Å². The lowest BCUT2D eigenvalue weighted by Crippen LogP contribution is -2.36. The van der Waals surface area contributed by atoms with Crippen LogP contribution in [0, 0.1) is 12.3 Å². The van der Waals surface area contributed by atoms with Gasteiger partial charge in [-0.3, -0.25) is 0 Å². The minimum Gasteiger partial charge on any atom is -0.487 e. The van der Waals surface area contributed by atoms with Crippen molar-refractivity contribution in [2.75, 3.05) is 0 Å².